The van der Waals surface area contributed by atoms with Gasteiger partial charge in [-0.1, -0.05) is 28.1 Å². The molecule has 1 aromatic heterocycles. The van der Waals surface area contributed by atoms with Crippen LogP contribution < -0.4 is 0 Å². The Morgan fingerprint density at radius 2 is 1.47 bits per heavy atom. The SMILES string of the molecule is O=C(Cc1ccncc1)Cc1ccc(Br)cc1. The van der Waals surface area contributed by atoms with Crippen LogP contribution in [0, 0.1) is 0 Å². The number of carbonyl (C=O) groups is 1. The molecule has 0 amide bonds. The smallest absolute Gasteiger partial charge is 0.141 e. The van der Waals surface area contributed by atoms with Crippen LogP contribution in [0.4, 0.5) is 0 Å². The van der Waals surface area contributed by atoms with Gasteiger partial charge in [-0.2, -0.15) is 0 Å². The molecule has 17 heavy (non-hydrogen) atoms. The van der Waals surface area contributed by atoms with Crippen molar-refractivity contribution in [3.63, 3.8) is 0 Å². The molecule has 0 aliphatic carbocycles. The van der Waals surface area contributed by atoms with Crippen molar-refractivity contribution in [1.82, 2.24) is 4.98 Å². The molecule has 0 aliphatic rings. The van der Waals surface area contributed by atoms with Crippen molar-refractivity contribution in [2.24, 2.45) is 0 Å². The summed E-state index contributed by atoms with van der Waals surface area (Å²) in [5, 5.41) is 0. The van der Waals surface area contributed by atoms with Crippen molar-refractivity contribution in [1.29, 1.82) is 0 Å². The Hall–Kier alpha value is -1.48. The number of nitrogens with zero attached hydrogens (tertiary/aromatic N) is 1. The molecule has 0 saturated carbocycles. The largest absolute Gasteiger partial charge is 0.299 e. The first-order valence-corrected chi connectivity index (χ1v) is 6.18. The third-order valence-electron chi connectivity index (χ3n) is 2.47. The minimum Gasteiger partial charge on any atom is -0.299 e. The minimum absolute atomic E-state index is 0.221. The second kappa shape index (κ2) is 5.73. The van der Waals surface area contributed by atoms with E-state index in [9.17, 15) is 4.79 Å². The quantitative estimate of drug-likeness (QED) is 0.865. The van der Waals surface area contributed by atoms with Crippen molar-refractivity contribution < 1.29 is 4.79 Å². The summed E-state index contributed by atoms with van der Waals surface area (Å²) in [6.45, 7) is 0. The summed E-state index contributed by atoms with van der Waals surface area (Å²) in [4.78, 5) is 15.8. The zero-order valence-electron chi connectivity index (χ0n) is 9.27. The fourth-order valence-electron chi connectivity index (χ4n) is 1.62. The second-order valence-corrected chi connectivity index (χ2v) is 4.79. The van der Waals surface area contributed by atoms with E-state index in [1.165, 1.54) is 0 Å². The van der Waals surface area contributed by atoms with Crippen LogP contribution in [-0.2, 0) is 17.6 Å². The molecule has 0 atom stereocenters. The molecular formula is C14H12BrNO. The molecule has 0 spiro atoms. The summed E-state index contributed by atoms with van der Waals surface area (Å²) in [5.74, 6) is 0.221. The van der Waals surface area contributed by atoms with Gasteiger partial charge in [-0.25, -0.2) is 0 Å². The number of rotatable bonds is 4. The number of halogens is 1. The third-order valence-corrected chi connectivity index (χ3v) is 2.99. The van der Waals surface area contributed by atoms with E-state index in [-0.39, 0.29) is 5.78 Å². The summed E-state index contributed by atoms with van der Waals surface area (Å²) >= 11 is 3.37. The monoisotopic (exact) mass is 289 g/mol. The Labute approximate surface area is 109 Å². The number of hydrogen-bond donors (Lipinski definition) is 0. The highest BCUT2D eigenvalue weighted by atomic mass is 79.9. The third kappa shape index (κ3) is 3.79. The molecule has 86 valence electrons. The summed E-state index contributed by atoms with van der Waals surface area (Å²) in [5.41, 5.74) is 2.06. The van der Waals surface area contributed by atoms with Crippen LogP contribution in [0.2, 0.25) is 0 Å². The lowest BCUT2D eigenvalue weighted by atomic mass is 10.0. The number of Topliss-reactive ketones (excluding diaryl/α,β-unsaturated/α-hetero) is 1. The minimum atomic E-state index is 0.221. The van der Waals surface area contributed by atoms with Gasteiger partial charge in [-0.3, -0.25) is 9.78 Å². The van der Waals surface area contributed by atoms with Gasteiger partial charge in [-0.05, 0) is 35.4 Å². The standard InChI is InChI=1S/C14H12BrNO/c15-13-3-1-11(2-4-13)9-14(17)10-12-5-7-16-8-6-12/h1-8H,9-10H2. The lowest BCUT2D eigenvalue weighted by Crippen LogP contribution is -2.06. The fourth-order valence-corrected chi connectivity index (χ4v) is 1.89. The van der Waals surface area contributed by atoms with Gasteiger partial charge in [-0.15, -0.1) is 0 Å². The highest BCUT2D eigenvalue weighted by molar-refractivity contribution is 9.10. The van der Waals surface area contributed by atoms with E-state index in [0.29, 0.717) is 12.8 Å². The lowest BCUT2D eigenvalue weighted by molar-refractivity contribution is -0.117. The molecule has 0 N–H and O–H groups in total. The number of carbonyl (C=O) groups excluding carboxylic acids is 1. The average molecular weight is 290 g/mol. The maximum absolute atomic E-state index is 11.8. The van der Waals surface area contributed by atoms with Gasteiger partial charge >= 0.3 is 0 Å². The average Bonchev–Trinajstić information content (AvgIpc) is 2.33. The van der Waals surface area contributed by atoms with Crippen LogP contribution in [0.1, 0.15) is 11.1 Å². The van der Waals surface area contributed by atoms with Crippen LogP contribution in [-0.4, -0.2) is 10.8 Å². The molecule has 0 saturated heterocycles. The Morgan fingerprint density at radius 1 is 0.941 bits per heavy atom. The fraction of sp³-hybridized carbons (Fsp3) is 0.143. The summed E-state index contributed by atoms with van der Waals surface area (Å²) in [7, 11) is 0. The van der Waals surface area contributed by atoms with Crippen molar-refractivity contribution in [2.75, 3.05) is 0 Å². The van der Waals surface area contributed by atoms with Crippen LogP contribution in [0.15, 0.2) is 53.3 Å². The van der Waals surface area contributed by atoms with E-state index < -0.39 is 0 Å². The van der Waals surface area contributed by atoms with Crippen LogP contribution in [0.5, 0.6) is 0 Å². The highest BCUT2D eigenvalue weighted by Gasteiger charge is 2.04. The molecule has 0 fully saturated rings. The Morgan fingerprint density at radius 3 is 2.06 bits per heavy atom. The van der Waals surface area contributed by atoms with Gasteiger partial charge in [0.25, 0.3) is 0 Å². The van der Waals surface area contributed by atoms with E-state index in [0.717, 1.165) is 15.6 Å². The Balaban J connectivity index is 1.96. The zero-order valence-corrected chi connectivity index (χ0v) is 10.9. The predicted molar refractivity (Wildman–Crippen MR) is 70.8 cm³/mol. The molecule has 2 rings (SSSR count). The van der Waals surface area contributed by atoms with Crippen LogP contribution in [0.25, 0.3) is 0 Å². The molecule has 3 heteroatoms. The zero-order chi connectivity index (χ0) is 12.1. The van der Waals surface area contributed by atoms with E-state index in [2.05, 4.69) is 20.9 Å². The molecule has 2 nitrogen and oxygen atoms in total. The number of benzene rings is 1. The molecule has 0 radical (unpaired) electrons. The van der Waals surface area contributed by atoms with Crippen LogP contribution in [0.3, 0.4) is 0 Å². The van der Waals surface area contributed by atoms with Gasteiger partial charge in [0.05, 0.1) is 0 Å². The van der Waals surface area contributed by atoms with Gasteiger partial charge in [0.15, 0.2) is 0 Å². The van der Waals surface area contributed by atoms with Crippen molar-refractivity contribution in [3.05, 3.63) is 64.4 Å². The molecule has 1 heterocycles. The molecule has 1 aromatic carbocycles. The van der Waals surface area contributed by atoms with Crippen molar-refractivity contribution >= 4 is 21.7 Å². The van der Waals surface area contributed by atoms with Gasteiger partial charge < -0.3 is 0 Å². The van der Waals surface area contributed by atoms with Crippen LogP contribution >= 0.6 is 15.9 Å². The molecule has 2 aromatic rings. The second-order valence-electron chi connectivity index (χ2n) is 3.87. The summed E-state index contributed by atoms with van der Waals surface area (Å²) in [6.07, 6.45) is 4.37. The first-order valence-electron chi connectivity index (χ1n) is 5.39. The maximum Gasteiger partial charge on any atom is 0.141 e. The lowest BCUT2D eigenvalue weighted by Gasteiger charge is -2.02. The van der Waals surface area contributed by atoms with E-state index >= 15 is 0 Å². The maximum atomic E-state index is 11.8. The van der Waals surface area contributed by atoms with Crippen molar-refractivity contribution in [2.45, 2.75) is 12.8 Å². The predicted octanol–water partition coefficient (Wildman–Crippen LogP) is 3.20. The summed E-state index contributed by atoms with van der Waals surface area (Å²) < 4.78 is 1.03. The first kappa shape index (κ1) is 12.0. The molecular weight excluding hydrogens is 278 g/mol. The molecule has 0 bridgehead atoms. The number of ketones is 1. The van der Waals surface area contributed by atoms with Crippen molar-refractivity contribution in [3.8, 4) is 0 Å². The molecule has 0 unspecified atom stereocenters. The normalized spacial score (nSPS) is 10.2. The van der Waals surface area contributed by atoms with Gasteiger partial charge in [0.1, 0.15) is 5.78 Å². The number of aromatic nitrogens is 1. The van der Waals surface area contributed by atoms with Gasteiger partial charge in [0, 0.05) is 29.7 Å². The Bertz CT molecular complexity index is 493. The van der Waals surface area contributed by atoms with E-state index in [4.69, 9.17) is 0 Å². The first-order chi connectivity index (χ1) is 8.24. The van der Waals surface area contributed by atoms with Gasteiger partial charge in [0.2, 0.25) is 0 Å². The number of pyridine rings is 1. The van der Waals surface area contributed by atoms with E-state index in [1.54, 1.807) is 12.4 Å². The highest BCUT2D eigenvalue weighted by Crippen LogP contribution is 2.11. The molecule has 0 aliphatic heterocycles. The Kier molecular flexibility index (Phi) is 4.04. The summed E-state index contributed by atoms with van der Waals surface area (Å²) in [6, 6.07) is 11.6. The topological polar surface area (TPSA) is 30.0 Å². The van der Waals surface area contributed by atoms with E-state index in [1.807, 2.05) is 36.4 Å². The number of hydrogen-bond acceptors (Lipinski definition) is 2.